The summed E-state index contributed by atoms with van der Waals surface area (Å²) in [6, 6.07) is 21.6. The van der Waals surface area contributed by atoms with E-state index < -0.39 is 5.24 Å². The van der Waals surface area contributed by atoms with Gasteiger partial charge in [-0.05, 0) is 153 Å². The number of carbonyl (C=O) groups is 2. The molecule has 2 aliphatic rings. The number of anilines is 8. The molecule has 0 atom stereocenters. The van der Waals surface area contributed by atoms with E-state index in [2.05, 4.69) is 102 Å². The molecule has 0 saturated heterocycles. The smallest absolute Gasteiger partial charge is 0.247 e. The largest absolute Gasteiger partial charge is 0.399 e. The van der Waals surface area contributed by atoms with E-state index in [1.165, 1.54) is 31.8 Å². The van der Waals surface area contributed by atoms with Crippen molar-refractivity contribution in [3.8, 4) is 0 Å². The third-order valence-corrected chi connectivity index (χ3v) is 12.5. The maximum Gasteiger partial charge on any atom is 0.247 e. The molecule has 0 spiro atoms. The maximum absolute atomic E-state index is 11.7. The number of nitrogens with one attached hydrogen (secondary N) is 5. The lowest BCUT2D eigenvalue weighted by Gasteiger charge is -2.33. The number of aromatic nitrogens is 6. The number of amides is 1. The van der Waals surface area contributed by atoms with Crippen molar-refractivity contribution < 1.29 is 9.59 Å². The second-order valence-electron chi connectivity index (χ2n) is 17.5. The SMILES string of the molecule is C=CC(=O)Cl.C=CC(=O)Nc1cccc(Nc2cc(NC3CCC(N(C)C)CC3)nc3c(CC)cnn23)c1.CCc1cnn2c(Nc3cccc(N)c3)cc(NC3CCC(N(C)C)CC3)nc12. The lowest BCUT2D eigenvalue weighted by Crippen LogP contribution is -2.36. The zero-order valence-electron chi connectivity index (χ0n) is 39.7. The van der Waals surface area contributed by atoms with Gasteiger partial charge in [0.2, 0.25) is 11.1 Å². The van der Waals surface area contributed by atoms with Crippen LogP contribution >= 0.6 is 11.6 Å². The molecule has 7 N–H and O–H groups in total. The molecule has 2 fully saturated rings. The van der Waals surface area contributed by atoms with E-state index in [4.69, 9.17) is 27.3 Å². The zero-order chi connectivity index (χ0) is 48.0. The van der Waals surface area contributed by atoms with Crippen LogP contribution in [0.3, 0.4) is 0 Å². The van der Waals surface area contributed by atoms with Crippen LogP contribution in [-0.4, -0.2) is 103 Å². The predicted octanol–water partition coefficient (Wildman–Crippen LogP) is 9.28. The van der Waals surface area contributed by atoms with Gasteiger partial charge in [0.1, 0.15) is 23.3 Å². The number of allylic oxidation sites excluding steroid dienone is 1. The van der Waals surface area contributed by atoms with Crippen molar-refractivity contribution >= 4 is 80.1 Å². The highest BCUT2D eigenvalue weighted by molar-refractivity contribution is 6.66. The summed E-state index contributed by atoms with van der Waals surface area (Å²) < 4.78 is 3.71. The summed E-state index contributed by atoms with van der Waals surface area (Å²) in [7, 11) is 8.67. The average molecular weight is 932 g/mol. The number of benzene rings is 2. The second kappa shape index (κ2) is 23.8. The number of nitrogen functional groups attached to an aromatic ring is 1. The van der Waals surface area contributed by atoms with Gasteiger partial charge in [-0.1, -0.05) is 39.1 Å². The van der Waals surface area contributed by atoms with E-state index in [-0.39, 0.29) is 5.91 Å². The van der Waals surface area contributed by atoms with Gasteiger partial charge >= 0.3 is 0 Å². The molecule has 2 saturated carbocycles. The Hall–Kier alpha value is -6.49. The Labute approximate surface area is 399 Å². The summed E-state index contributed by atoms with van der Waals surface area (Å²) >= 11 is 4.71. The fourth-order valence-electron chi connectivity index (χ4n) is 8.51. The predicted molar refractivity (Wildman–Crippen MR) is 275 cm³/mol. The molecule has 4 aromatic heterocycles. The van der Waals surface area contributed by atoms with Crippen molar-refractivity contribution in [1.82, 2.24) is 39.0 Å². The Kier molecular flexibility index (Phi) is 17.7. The first-order chi connectivity index (χ1) is 32.3. The van der Waals surface area contributed by atoms with Crippen molar-refractivity contribution in [2.24, 2.45) is 0 Å². The number of rotatable bonds is 15. The average Bonchev–Trinajstić information content (AvgIpc) is 3.94. The number of aryl methyl sites for hydroxylation is 2. The first kappa shape index (κ1) is 49.9. The van der Waals surface area contributed by atoms with Crippen LogP contribution in [0, 0.1) is 0 Å². The molecule has 0 aliphatic heterocycles. The molecule has 0 bridgehead atoms. The summed E-state index contributed by atoms with van der Waals surface area (Å²) in [5, 5.41) is 25.7. The number of hydrogen-bond acceptors (Lipinski definition) is 13. The standard InChI is InChI=1S/C25H33N7O.C22H31N7.C3H3ClO/c1-5-17-16-26-32-23(28-19-8-7-9-20(14-19)29-24(33)6-2)15-22(30-25(17)32)27-18-10-12-21(13-11-18)31(3)4;1-4-15-14-24-29-21(26-18-7-5-6-16(23)12-18)13-20(27-22(15)29)25-17-8-10-19(11-9-17)28(2)3;1-2-3(4)5/h6-9,14-16,18,21,28H,2,5,10-13H2,1,3-4H3,(H,27,30)(H,29,33);5-7,12-14,17,19,26H,4,8-11,23H2,1-3H3,(H,25,27);2H,1H2. The van der Waals surface area contributed by atoms with Crippen LogP contribution in [0.5, 0.6) is 0 Å². The van der Waals surface area contributed by atoms with Crippen molar-refractivity contribution in [3.63, 3.8) is 0 Å². The molecule has 2 aliphatic carbocycles. The van der Waals surface area contributed by atoms with E-state index >= 15 is 0 Å². The first-order valence-corrected chi connectivity index (χ1v) is 23.5. The number of nitrogens with two attached hydrogens (primary N) is 1. The highest BCUT2D eigenvalue weighted by atomic mass is 35.5. The van der Waals surface area contributed by atoms with Gasteiger partial charge in [-0.15, -0.1) is 0 Å². The van der Waals surface area contributed by atoms with Crippen LogP contribution < -0.4 is 32.3 Å². The minimum atomic E-state index is -0.509. The van der Waals surface area contributed by atoms with Gasteiger partial charge in [0.05, 0.1) is 12.4 Å². The second-order valence-corrected chi connectivity index (χ2v) is 17.8. The Morgan fingerprint density at radius 1 is 0.687 bits per heavy atom. The van der Waals surface area contributed by atoms with Crippen molar-refractivity contribution in [1.29, 1.82) is 0 Å². The van der Waals surface area contributed by atoms with Crippen LogP contribution in [0.25, 0.3) is 11.3 Å². The maximum atomic E-state index is 11.7. The monoisotopic (exact) mass is 931 g/mol. The molecule has 1 amide bonds. The van der Waals surface area contributed by atoms with Crippen LogP contribution in [0.1, 0.15) is 76.3 Å². The Balaban J connectivity index is 0.000000202. The number of nitrogens with zero attached hydrogens (tertiary/aromatic N) is 8. The molecule has 2 aromatic carbocycles. The van der Waals surface area contributed by atoms with Crippen molar-refractivity contribution in [3.05, 3.63) is 109 Å². The molecule has 0 radical (unpaired) electrons. The van der Waals surface area contributed by atoms with Gasteiger partial charge in [0.15, 0.2) is 11.3 Å². The minimum absolute atomic E-state index is 0.242. The number of carbonyl (C=O) groups excluding carboxylic acids is 2. The molecule has 67 heavy (non-hydrogen) atoms. The lowest BCUT2D eigenvalue weighted by atomic mass is 9.90. The van der Waals surface area contributed by atoms with Gasteiger partial charge < -0.3 is 42.1 Å². The van der Waals surface area contributed by atoms with E-state index in [1.807, 2.05) is 82.1 Å². The van der Waals surface area contributed by atoms with Crippen LogP contribution in [-0.2, 0) is 22.4 Å². The van der Waals surface area contributed by atoms with Gasteiger partial charge in [-0.3, -0.25) is 9.59 Å². The van der Waals surface area contributed by atoms with Crippen LogP contribution in [0.15, 0.2) is 98.4 Å². The normalized spacial score (nSPS) is 18.0. The van der Waals surface area contributed by atoms with Crippen molar-refractivity contribution in [2.45, 2.75) is 102 Å². The topological polar surface area (TPSA) is 187 Å². The number of fused-ring (bicyclic) bond motifs is 2. The van der Waals surface area contributed by atoms with E-state index in [9.17, 15) is 9.59 Å². The van der Waals surface area contributed by atoms with Crippen LogP contribution in [0.4, 0.5) is 46.0 Å². The minimum Gasteiger partial charge on any atom is -0.399 e. The quantitative estimate of drug-likeness (QED) is 0.0325. The van der Waals surface area contributed by atoms with Gasteiger partial charge in [-0.2, -0.15) is 19.2 Å². The summed E-state index contributed by atoms with van der Waals surface area (Å²) in [6.45, 7) is 10.8. The Bertz CT molecular complexity index is 2610. The number of hydrogen-bond donors (Lipinski definition) is 6. The van der Waals surface area contributed by atoms with Gasteiger partial charge in [-0.25, -0.2) is 9.97 Å². The summed E-state index contributed by atoms with van der Waals surface area (Å²) in [5.41, 5.74) is 13.1. The van der Waals surface area contributed by atoms with Crippen LogP contribution in [0.2, 0.25) is 0 Å². The van der Waals surface area contributed by atoms with Gasteiger partial charge in [0.25, 0.3) is 0 Å². The number of halogens is 1. The Morgan fingerprint density at radius 2 is 1.12 bits per heavy atom. The fraction of sp³-hybridized carbons (Fsp3) is 0.400. The Morgan fingerprint density at radius 3 is 1.52 bits per heavy atom. The zero-order valence-corrected chi connectivity index (χ0v) is 40.5. The first-order valence-electron chi connectivity index (χ1n) is 23.1. The molecule has 8 rings (SSSR count). The molecule has 6 aromatic rings. The molecule has 16 nitrogen and oxygen atoms in total. The summed E-state index contributed by atoms with van der Waals surface area (Å²) in [6.07, 6.45) is 17.2. The molecule has 17 heteroatoms. The highest BCUT2D eigenvalue weighted by Crippen LogP contribution is 2.30. The molecule has 4 heterocycles. The summed E-state index contributed by atoms with van der Waals surface area (Å²) in [5.74, 6) is 3.20. The lowest BCUT2D eigenvalue weighted by molar-refractivity contribution is -0.112. The molecular formula is C50H67ClN14O2. The van der Waals surface area contributed by atoms with E-state index in [0.717, 1.165) is 107 Å². The fourth-order valence-corrected chi connectivity index (χ4v) is 8.51. The molecule has 0 unspecified atom stereocenters. The van der Waals surface area contributed by atoms with E-state index in [1.54, 1.807) is 0 Å². The molecular weight excluding hydrogens is 864 g/mol. The van der Waals surface area contributed by atoms with Gasteiger partial charge in [0, 0.05) is 70.2 Å². The van der Waals surface area contributed by atoms with Crippen molar-refractivity contribution in [2.75, 3.05) is 60.5 Å². The molecule has 356 valence electrons. The van der Waals surface area contributed by atoms with E-state index in [0.29, 0.717) is 29.9 Å². The third kappa shape index (κ3) is 13.8. The highest BCUT2D eigenvalue weighted by Gasteiger charge is 2.25. The summed E-state index contributed by atoms with van der Waals surface area (Å²) in [4.78, 5) is 35.6. The third-order valence-electron chi connectivity index (χ3n) is 12.3.